The number of nitrogens with zero attached hydrogens (tertiary/aromatic N) is 1. The summed E-state index contributed by atoms with van der Waals surface area (Å²) in [5, 5.41) is 3.43. The minimum Gasteiger partial charge on any atom is -0.325 e. The van der Waals surface area contributed by atoms with Crippen LogP contribution in [0.5, 0.6) is 0 Å². The van der Waals surface area contributed by atoms with Crippen LogP contribution in [-0.2, 0) is 4.79 Å². The Morgan fingerprint density at radius 3 is 2.44 bits per heavy atom. The first-order chi connectivity index (χ1) is 8.49. The van der Waals surface area contributed by atoms with E-state index in [-0.39, 0.29) is 18.1 Å². The number of hydrogen-bond acceptors (Lipinski definition) is 2. The molecule has 18 heavy (non-hydrogen) atoms. The SMILES string of the molecule is Cc1ccc(C2NC(CC(C)C)C(=O)N2C)cc1. The third-order valence-electron chi connectivity index (χ3n) is 3.49. The molecule has 0 radical (unpaired) electrons. The van der Waals surface area contributed by atoms with Gasteiger partial charge in [-0.05, 0) is 24.8 Å². The van der Waals surface area contributed by atoms with Crippen molar-refractivity contribution in [2.24, 2.45) is 5.92 Å². The summed E-state index contributed by atoms with van der Waals surface area (Å²) in [6.45, 7) is 6.37. The molecule has 2 atom stereocenters. The van der Waals surface area contributed by atoms with Crippen LogP contribution >= 0.6 is 0 Å². The van der Waals surface area contributed by atoms with Gasteiger partial charge in [0.05, 0.1) is 6.04 Å². The fourth-order valence-electron chi connectivity index (χ4n) is 2.46. The molecule has 3 nitrogen and oxygen atoms in total. The van der Waals surface area contributed by atoms with Gasteiger partial charge in [-0.3, -0.25) is 10.1 Å². The molecule has 3 heteroatoms. The summed E-state index contributed by atoms with van der Waals surface area (Å²) in [5.74, 6) is 0.728. The Labute approximate surface area is 109 Å². The molecule has 1 aliphatic rings. The van der Waals surface area contributed by atoms with Gasteiger partial charge in [-0.15, -0.1) is 0 Å². The monoisotopic (exact) mass is 246 g/mol. The molecule has 0 spiro atoms. The van der Waals surface area contributed by atoms with Crippen LogP contribution in [0, 0.1) is 12.8 Å². The van der Waals surface area contributed by atoms with E-state index in [0.717, 1.165) is 12.0 Å². The van der Waals surface area contributed by atoms with Gasteiger partial charge >= 0.3 is 0 Å². The first-order valence-corrected chi connectivity index (χ1v) is 6.58. The van der Waals surface area contributed by atoms with Crippen LogP contribution in [-0.4, -0.2) is 23.9 Å². The molecule has 0 aliphatic carbocycles. The van der Waals surface area contributed by atoms with E-state index in [1.165, 1.54) is 5.56 Å². The van der Waals surface area contributed by atoms with E-state index in [2.05, 4.69) is 50.4 Å². The van der Waals surface area contributed by atoms with Crippen LogP contribution in [0.2, 0.25) is 0 Å². The molecule has 1 aromatic rings. The van der Waals surface area contributed by atoms with Gasteiger partial charge in [0.15, 0.2) is 0 Å². The first kappa shape index (κ1) is 13.1. The number of amides is 1. The van der Waals surface area contributed by atoms with Crippen molar-refractivity contribution in [1.82, 2.24) is 10.2 Å². The molecule has 1 N–H and O–H groups in total. The second kappa shape index (κ2) is 5.11. The van der Waals surface area contributed by atoms with Crippen molar-refractivity contribution in [3.8, 4) is 0 Å². The molecule has 0 aromatic heterocycles. The maximum absolute atomic E-state index is 12.2. The standard InChI is InChI=1S/C15H22N2O/c1-10(2)9-13-15(18)17(4)14(16-13)12-7-5-11(3)6-8-12/h5-8,10,13-14,16H,9H2,1-4H3. The fraction of sp³-hybridized carbons (Fsp3) is 0.533. The third-order valence-corrected chi connectivity index (χ3v) is 3.49. The molecular formula is C15H22N2O. The zero-order valence-electron chi connectivity index (χ0n) is 11.6. The summed E-state index contributed by atoms with van der Waals surface area (Å²) >= 11 is 0. The molecule has 1 aliphatic heterocycles. The highest BCUT2D eigenvalue weighted by Gasteiger charge is 2.37. The van der Waals surface area contributed by atoms with Crippen molar-refractivity contribution in [2.75, 3.05) is 7.05 Å². The second-order valence-corrected chi connectivity index (χ2v) is 5.61. The molecule has 1 amide bonds. The fourth-order valence-corrected chi connectivity index (χ4v) is 2.46. The Kier molecular flexibility index (Phi) is 3.71. The number of benzene rings is 1. The Bertz CT molecular complexity index is 425. The normalized spacial score (nSPS) is 24.1. The van der Waals surface area contributed by atoms with Crippen LogP contribution in [0.25, 0.3) is 0 Å². The molecule has 0 bridgehead atoms. The predicted octanol–water partition coefficient (Wildman–Crippen LogP) is 2.47. The van der Waals surface area contributed by atoms with Crippen molar-refractivity contribution in [2.45, 2.75) is 39.4 Å². The molecule has 2 unspecified atom stereocenters. The van der Waals surface area contributed by atoms with Crippen LogP contribution in [0.1, 0.15) is 37.6 Å². The smallest absolute Gasteiger partial charge is 0.241 e. The van der Waals surface area contributed by atoms with Crippen molar-refractivity contribution in [3.63, 3.8) is 0 Å². The number of nitrogens with one attached hydrogen (secondary N) is 1. The maximum Gasteiger partial charge on any atom is 0.241 e. The predicted molar refractivity (Wildman–Crippen MR) is 73.1 cm³/mol. The van der Waals surface area contributed by atoms with Gasteiger partial charge in [-0.25, -0.2) is 0 Å². The van der Waals surface area contributed by atoms with Gasteiger partial charge in [0.25, 0.3) is 0 Å². The summed E-state index contributed by atoms with van der Waals surface area (Å²) < 4.78 is 0. The molecular weight excluding hydrogens is 224 g/mol. The lowest BCUT2D eigenvalue weighted by molar-refractivity contribution is -0.129. The molecule has 2 rings (SSSR count). The Balaban J connectivity index is 2.15. The molecule has 0 saturated carbocycles. The van der Waals surface area contributed by atoms with Crippen LogP contribution in [0.3, 0.4) is 0 Å². The number of rotatable bonds is 3. The molecule has 1 fully saturated rings. The van der Waals surface area contributed by atoms with E-state index in [0.29, 0.717) is 5.92 Å². The van der Waals surface area contributed by atoms with E-state index >= 15 is 0 Å². The number of aryl methyl sites for hydroxylation is 1. The van der Waals surface area contributed by atoms with E-state index in [1.54, 1.807) is 0 Å². The summed E-state index contributed by atoms with van der Waals surface area (Å²) in [6, 6.07) is 8.32. The topological polar surface area (TPSA) is 32.3 Å². The highest BCUT2D eigenvalue weighted by molar-refractivity contribution is 5.84. The lowest BCUT2D eigenvalue weighted by atomic mass is 10.0. The zero-order chi connectivity index (χ0) is 13.3. The van der Waals surface area contributed by atoms with E-state index in [4.69, 9.17) is 0 Å². The van der Waals surface area contributed by atoms with E-state index < -0.39 is 0 Å². The highest BCUT2D eigenvalue weighted by Crippen LogP contribution is 2.26. The summed E-state index contributed by atoms with van der Waals surface area (Å²) in [7, 11) is 1.88. The number of likely N-dealkylation sites (N-methyl/N-ethyl adjacent to an activating group) is 1. The average Bonchev–Trinajstić information content (AvgIpc) is 2.58. The van der Waals surface area contributed by atoms with Gasteiger partial charge in [-0.1, -0.05) is 43.7 Å². The number of carbonyl (C=O) groups is 1. The summed E-state index contributed by atoms with van der Waals surface area (Å²) in [6.07, 6.45) is 0.910. The molecule has 98 valence electrons. The van der Waals surface area contributed by atoms with Crippen LogP contribution in [0.15, 0.2) is 24.3 Å². The largest absolute Gasteiger partial charge is 0.325 e. The van der Waals surface area contributed by atoms with Crippen molar-refractivity contribution >= 4 is 5.91 Å². The van der Waals surface area contributed by atoms with Crippen molar-refractivity contribution in [3.05, 3.63) is 35.4 Å². The number of carbonyl (C=O) groups excluding carboxylic acids is 1. The van der Waals surface area contributed by atoms with Crippen LogP contribution < -0.4 is 5.32 Å². The molecule has 1 saturated heterocycles. The Morgan fingerprint density at radius 1 is 1.28 bits per heavy atom. The van der Waals surface area contributed by atoms with Gasteiger partial charge in [-0.2, -0.15) is 0 Å². The first-order valence-electron chi connectivity index (χ1n) is 6.58. The van der Waals surface area contributed by atoms with Crippen LogP contribution in [0.4, 0.5) is 0 Å². The van der Waals surface area contributed by atoms with E-state index in [1.807, 2.05) is 11.9 Å². The minimum atomic E-state index is -0.0405. The molecule has 1 aromatic carbocycles. The second-order valence-electron chi connectivity index (χ2n) is 5.61. The lowest BCUT2D eigenvalue weighted by Crippen LogP contribution is -2.30. The van der Waals surface area contributed by atoms with E-state index in [9.17, 15) is 4.79 Å². The average molecular weight is 246 g/mol. The van der Waals surface area contributed by atoms with Gasteiger partial charge < -0.3 is 4.90 Å². The minimum absolute atomic E-state index is 0.0156. The molecule has 1 heterocycles. The van der Waals surface area contributed by atoms with Gasteiger partial charge in [0.1, 0.15) is 6.17 Å². The van der Waals surface area contributed by atoms with Crippen molar-refractivity contribution in [1.29, 1.82) is 0 Å². The Hall–Kier alpha value is -1.35. The van der Waals surface area contributed by atoms with Gasteiger partial charge in [0.2, 0.25) is 5.91 Å². The summed E-state index contributed by atoms with van der Waals surface area (Å²) in [5.41, 5.74) is 2.40. The van der Waals surface area contributed by atoms with Crippen molar-refractivity contribution < 1.29 is 4.79 Å². The maximum atomic E-state index is 12.2. The highest BCUT2D eigenvalue weighted by atomic mass is 16.2. The Morgan fingerprint density at radius 2 is 1.89 bits per heavy atom. The lowest BCUT2D eigenvalue weighted by Gasteiger charge is -2.19. The summed E-state index contributed by atoms with van der Waals surface area (Å²) in [4.78, 5) is 14.0. The van der Waals surface area contributed by atoms with Gasteiger partial charge in [0, 0.05) is 7.05 Å². The number of hydrogen-bond donors (Lipinski definition) is 1. The zero-order valence-corrected chi connectivity index (χ0v) is 11.6. The third kappa shape index (κ3) is 2.56. The quantitative estimate of drug-likeness (QED) is 0.888.